The monoisotopic (exact) mass is 316 g/mol. The molecule has 0 aliphatic heterocycles. The van der Waals surface area contributed by atoms with Crippen LogP contribution in [-0.4, -0.2) is 18.5 Å². The van der Waals surface area contributed by atoms with Crippen LogP contribution in [0.1, 0.15) is 41.9 Å². The number of benzene rings is 1. The number of rotatable bonds is 8. The lowest BCUT2D eigenvalue weighted by Crippen LogP contribution is -2.34. The average molecular weight is 316 g/mol. The number of ether oxygens (including phenoxy) is 1. The van der Waals surface area contributed by atoms with Gasteiger partial charge in [0.15, 0.2) is 5.76 Å². The van der Waals surface area contributed by atoms with Crippen LogP contribution in [0.4, 0.5) is 0 Å². The van der Waals surface area contributed by atoms with Gasteiger partial charge in [-0.05, 0) is 36.2 Å². The highest BCUT2D eigenvalue weighted by molar-refractivity contribution is 5.91. The summed E-state index contributed by atoms with van der Waals surface area (Å²) in [5, 5.41) is 13.6. The van der Waals surface area contributed by atoms with Crippen LogP contribution in [0.3, 0.4) is 0 Å². The Morgan fingerprint density at radius 1 is 1.26 bits per heavy atom. The lowest BCUT2D eigenvalue weighted by molar-refractivity contribution is -0.306. The van der Waals surface area contributed by atoms with Crippen molar-refractivity contribution in [1.82, 2.24) is 5.32 Å². The molecule has 0 saturated heterocycles. The molecule has 1 atom stereocenters. The van der Waals surface area contributed by atoms with Crippen molar-refractivity contribution in [2.75, 3.05) is 6.61 Å². The van der Waals surface area contributed by atoms with Gasteiger partial charge in [0.2, 0.25) is 0 Å². The smallest absolute Gasteiger partial charge is 0.287 e. The largest absolute Gasteiger partial charge is 0.550 e. The van der Waals surface area contributed by atoms with Crippen molar-refractivity contribution >= 4 is 11.9 Å². The summed E-state index contributed by atoms with van der Waals surface area (Å²) in [4.78, 5) is 23.0. The molecule has 6 heteroatoms. The van der Waals surface area contributed by atoms with Crippen molar-refractivity contribution in [3.05, 3.63) is 54.0 Å². The predicted molar refractivity (Wildman–Crippen MR) is 80.8 cm³/mol. The molecule has 2 rings (SSSR count). The fourth-order valence-corrected chi connectivity index (χ4v) is 2.07. The SMILES string of the molecule is CCCOc1ccc([C@H](CC(=O)[O-])NC(=O)c2ccco2)cc1. The first-order valence-electron chi connectivity index (χ1n) is 7.37. The molecule has 0 aliphatic carbocycles. The summed E-state index contributed by atoms with van der Waals surface area (Å²) in [6.07, 6.45) is 1.94. The van der Waals surface area contributed by atoms with E-state index < -0.39 is 17.9 Å². The van der Waals surface area contributed by atoms with Gasteiger partial charge in [0.1, 0.15) is 5.75 Å². The zero-order valence-corrected chi connectivity index (χ0v) is 12.8. The van der Waals surface area contributed by atoms with Gasteiger partial charge >= 0.3 is 0 Å². The van der Waals surface area contributed by atoms with Crippen molar-refractivity contribution in [3.8, 4) is 5.75 Å². The van der Waals surface area contributed by atoms with Gasteiger partial charge in [-0.3, -0.25) is 4.79 Å². The molecular formula is C17H18NO5-. The van der Waals surface area contributed by atoms with Crippen molar-refractivity contribution < 1.29 is 23.8 Å². The first-order valence-corrected chi connectivity index (χ1v) is 7.37. The van der Waals surface area contributed by atoms with E-state index in [1.807, 2.05) is 6.92 Å². The van der Waals surface area contributed by atoms with E-state index >= 15 is 0 Å². The van der Waals surface area contributed by atoms with Gasteiger partial charge in [0.25, 0.3) is 5.91 Å². The third-order valence-corrected chi connectivity index (χ3v) is 3.18. The Morgan fingerprint density at radius 3 is 2.57 bits per heavy atom. The van der Waals surface area contributed by atoms with Gasteiger partial charge < -0.3 is 24.4 Å². The predicted octanol–water partition coefficient (Wildman–Crippen LogP) is 1.68. The second-order valence-electron chi connectivity index (χ2n) is 5.00. The summed E-state index contributed by atoms with van der Waals surface area (Å²) < 4.78 is 10.5. The van der Waals surface area contributed by atoms with E-state index in [1.165, 1.54) is 12.3 Å². The number of furan rings is 1. The number of carbonyl (C=O) groups excluding carboxylic acids is 2. The summed E-state index contributed by atoms with van der Waals surface area (Å²) in [5.41, 5.74) is 0.651. The van der Waals surface area contributed by atoms with Gasteiger partial charge in [-0.25, -0.2) is 0 Å². The molecule has 0 unspecified atom stereocenters. The summed E-state index contributed by atoms with van der Waals surface area (Å²) in [6, 6.07) is 9.31. The molecule has 23 heavy (non-hydrogen) atoms. The molecule has 2 aromatic rings. The standard InChI is InChI=1S/C17H19NO5/c1-2-9-22-13-7-5-12(6-8-13)14(11-16(19)20)18-17(21)15-4-3-10-23-15/h3-8,10,14H,2,9,11H2,1H3,(H,18,21)(H,19,20)/p-1/t14-/m0/s1. The van der Waals surface area contributed by atoms with E-state index in [1.54, 1.807) is 30.3 Å². The topological polar surface area (TPSA) is 91.6 Å². The Morgan fingerprint density at radius 2 is 2.00 bits per heavy atom. The molecule has 1 aromatic heterocycles. The third kappa shape index (κ3) is 4.88. The Balaban J connectivity index is 2.11. The summed E-state index contributed by atoms with van der Waals surface area (Å²) >= 11 is 0. The van der Waals surface area contributed by atoms with Crippen LogP contribution in [0.2, 0.25) is 0 Å². The summed E-state index contributed by atoms with van der Waals surface area (Å²) in [7, 11) is 0. The lowest BCUT2D eigenvalue weighted by atomic mass is 10.0. The van der Waals surface area contributed by atoms with Gasteiger partial charge in [0.05, 0.1) is 18.9 Å². The van der Waals surface area contributed by atoms with Crippen LogP contribution in [0.15, 0.2) is 47.1 Å². The minimum Gasteiger partial charge on any atom is -0.550 e. The number of hydrogen-bond donors (Lipinski definition) is 1. The first-order chi connectivity index (χ1) is 11.1. The van der Waals surface area contributed by atoms with Crippen LogP contribution < -0.4 is 15.2 Å². The molecule has 0 fully saturated rings. The molecule has 0 saturated carbocycles. The van der Waals surface area contributed by atoms with E-state index in [9.17, 15) is 14.7 Å². The maximum atomic E-state index is 12.0. The summed E-state index contributed by atoms with van der Waals surface area (Å²) in [6.45, 7) is 2.62. The average Bonchev–Trinajstić information content (AvgIpc) is 3.07. The fourth-order valence-electron chi connectivity index (χ4n) is 2.07. The first kappa shape index (κ1) is 16.6. The highest BCUT2D eigenvalue weighted by Crippen LogP contribution is 2.21. The highest BCUT2D eigenvalue weighted by atomic mass is 16.5. The maximum Gasteiger partial charge on any atom is 0.287 e. The number of nitrogens with one attached hydrogen (secondary N) is 1. The number of amides is 1. The molecule has 0 radical (unpaired) electrons. The number of carboxylic acids is 1. The van der Waals surface area contributed by atoms with Crippen molar-refractivity contribution in [1.29, 1.82) is 0 Å². The van der Waals surface area contributed by atoms with E-state index in [2.05, 4.69) is 5.32 Å². The molecule has 1 aromatic carbocycles. The van der Waals surface area contributed by atoms with E-state index in [-0.39, 0.29) is 12.2 Å². The molecule has 0 spiro atoms. The zero-order valence-electron chi connectivity index (χ0n) is 12.8. The molecule has 0 aliphatic rings. The third-order valence-electron chi connectivity index (χ3n) is 3.18. The second-order valence-corrected chi connectivity index (χ2v) is 5.00. The normalized spacial score (nSPS) is 11.7. The van der Waals surface area contributed by atoms with Crippen molar-refractivity contribution in [2.24, 2.45) is 0 Å². The highest BCUT2D eigenvalue weighted by Gasteiger charge is 2.17. The Bertz CT molecular complexity index is 634. The van der Waals surface area contributed by atoms with Crippen LogP contribution in [0, 0.1) is 0 Å². The van der Waals surface area contributed by atoms with Crippen LogP contribution in [0.25, 0.3) is 0 Å². The van der Waals surface area contributed by atoms with Gasteiger partial charge in [-0.2, -0.15) is 0 Å². The molecule has 1 amide bonds. The van der Waals surface area contributed by atoms with Crippen molar-refractivity contribution in [2.45, 2.75) is 25.8 Å². The summed E-state index contributed by atoms with van der Waals surface area (Å²) in [5.74, 6) is -0.912. The molecule has 0 bridgehead atoms. The number of carbonyl (C=O) groups is 2. The zero-order chi connectivity index (χ0) is 16.7. The number of carboxylic acid groups (broad SMARTS) is 1. The number of aliphatic carboxylic acids is 1. The van der Waals surface area contributed by atoms with E-state index in [4.69, 9.17) is 9.15 Å². The maximum absolute atomic E-state index is 12.0. The van der Waals surface area contributed by atoms with E-state index in [0.29, 0.717) is 17.9 Å². The molecule has 1 heterocycles. The minimum atomic E-state index is -1.25. The van der Waals surface area contributed by atoms with Gasteiger partial charge in [-0.15, -0.1) is 0 Å². The Hall–Kier alpha value is -2.76. The van der Waals surface area contributed by atoms with Gasteiger partial charge in [-0.1, -0.05) is 19.1 Å². The Labute approximate surface area is 134 Å². The Kier molecular flexibility index (Phi) is 5.80. The van der Waals surface area contributed by atoms with Crippen LogP contribution in [-0.2, 0) is 4.79 Å². The van der Waals surface area contributed by atoms with E-state index in [0.717, 1.165) is 6.42 Å². The fraction of sp³-hybridized carbons (Fsp3) is 0.294. The number of hydrogen-bond acceptors (Lipinski definition) is 5. The lowest BCUT2D eigenvalue weighted by Gasteiger charge is -2.19. The quantitative estimate of drug-likeness (QED) is 0.800. The molecule has 1 N–H and O–H groups in total. The van der Waals surface area contributed by atoms with Crippen LogP contribution in [0.5, 0.6) is 5.75 Å². The van der Waals surface area contributed by atoms with Crippen LogP contribution >= 0.6 is 0 Å². The van der Waals surface area contributed by atoms with Crippen molar-refractivity contribution in [3.63, 3.8) is 0 Å². The molecular weight excluding hydrogens is 298 g/mol. The van der Waals surface area contributed by atoms with Gasteiger partial charge in [0, 0.05) is 12.4 Å². The molecule has 122 valence electrons. The minimum absolute atomic E-state index is 0.122. The molecule has 6 nitrogen and oxygen atoms in total. The second kappa shape index (κ2) is 8.03.